The number of halogens is 1. The lowest BCUT2D eigenvalue weighted by atomic mass is 9.59. The van der Waals surface area contributed by atoms with E-state index < -0.39 is 23.7 Å². The van der Waals surface area contributed by atoms with Gasteiger partial charge in [-0.25, -0.2) is 0 Å². The van der Waals surface area contributed by atoms with E-state index in [2.05, 4.69) is 15.9 Å². The van der Waals surface area contributed by atoms with E-state index >= 15 is 0 Å². The van der Waals surface area contributed by atoms with Crippen molar-refractivity contribution < 1.29 is 33.8 Å². The molecule has 2 amide bonds. The quantitative estimate of drug-likeness (QED) is 0.303. The summed E-state index contributed by atoms with van der Waals surface area (Å²) in [6.45, 7) is 1.60. The largest absolute Gasteiger partial charge is 0.507 e. The van der Waals surface area contributed by atoms with Gasteiger partial charge in [-0.2, -0.15) is 0 Å². The number of allylic oxidation sites excluding steroid dienone is 6. The van der Waals surface area contributed by atoms with Crippen molar-refractivity contribution in [3.63, 3.8) is 0 Å². The third kappa shape index (κ3) is 3.78. The zero-order chi connectivity index (χ0) is 28.5. The van der Waals surface area contributed by atoms with Gasteiger partial charge in [-0.3, -0.25) is 24.1 Å². The summed E-state index contributed by atoms with van der Waals surface area (Å²) in [5, 5.41) is 11.2. The van der Waals surface area contributed by atoms with E-state index in [1.807, 2.05) is 6.08 Å². The van der Waals surface area contributed by atoms with Crippen molar-refractivity contribution in [2.45, 2.75) is 25.7 Å². The van der Waals surface area contributed by atoms with Crippen LogP contribution in [-0.4, -0.2) is 42.7 Å². The zero-order valence-electron chi connectivity index (χ0n) is 22.1. The van der Waals surface area contributed by atoms with Gasteiger partial charge in [0.1, 0.15) is 17.2 Å². The van der Waals surface area contributed by atoms with E-state index in [-0.39, 0.29) is 46.9 Å². The van der Waals surface area contributed by atoms with Crippen LogP contribution in [0, 0.1) is 17.8 Å². The average Bonchev–Trinajstić information content (AvgIpc) is 3.20. The van der Waals surface area contributed by atoms with Gasteiger partial charge in [-0.1, -0.05) is 27.6 Å². The molecule has 9 heteroatoms. The number of nitrogens with zero attached hydrogens (tertiary/aromatic N) is 1. The molecule has 0 saturated carbocycles. The Kier molecular flexibility index (Phi) is 6.29. The van der Waals surface area contributed by atoms with Crippen LogP contribution >= 0.6 is 15.9 Å². The first-order valence-electron chi connectivity index (χ1n) is 12.9. The number of rotatable bonds is 4. The van der Waals surface area contributed by atoms with Gasteiger partial charge in [0.15, 0.2) is 11.6 Å². The molecule has 6 rings (SSSR count). The number of phenolic OH excluding ortho intramolecular Hbond substituents is 1. The molecule has 1 heterocycles. The molecule has 0 spiro atoms. The van der Waals surface area contributed by atoms with Crippen LogP contribution in [0.25, 0.3) is 0 Å². The average molecular weight is 604 g/mol. The van der Waals surface area contributed by atoms with Crippen LogP contribution in [-0.2, 0) is 19.2 Å². The predicted octanol–water partition coefficient (Wildman–Crippen LogP) is 4.81. The van der Waals surface area contributed by atoms with Gasteiger partial charge in [0.25, 0.3) is 0 Å². The predicted molar refractivity (Wildman–Crippen MR) is 149 cm³/mol. The maximum absolute atomic E-state index is 14.0. The fraction of sp³-hybridized carbons (Fsp3) is 0.290. The minimum Gasteiger partial charge on any atom is -0.507 e. The van der Waals surface area contributed by atoms with Crippen molar-refractivity contribution in [2.24, 2.45) is 17.8 Å². The Balaban J connectivity index is 1.53. The lowest BCUT2D eigenvalue weighted by molar-refractivity contribution is -0.123. The summed E-state index contributed by atoms with van der Waals surface area (Å²) >= 11 is 3.39. The number of methoxy groups -OCH3 is 2. The number of benzene rings is 2. The number of amides is 2. The van der Waals surface area contributed by atoms with Crippen molar-refractivity contribution in [1.82, 2.24) is 0 Å². The number of Topliss-reactive ketones (excluding diaryl/α,β-unsaturated/α-hetero) is 1. The van der Waals surface area contributed by atoms with Gasteiger partial charge in [0.05, 0.1) is 31.7 Å². The number of imide groups is 1. The topological polar surface area (TPSA) is 110 Å². The molecule has 2 aromatic carbocycles. The molecule has 4 atom stereocenters. The molecule has 0 aromatic heterocycles. The maximum Gasteiger partial charge on any atom is 0.238 e. The van der Waals surface area contributed by atoms with E-state index in [1.54, 1.807) is 37.3 Å². The fourth-order valence-corrected chi connectivity index (χ4v) is 6.97. The monoisotopic (exact) mass is 603 g/mol. The number of carbonyl (C=O) groups is 4. The SMILES string of the molecule is COc1cc(O)c(C2C3=CCC4C(=O)N(c5ccc(Br)cc5)C(=O)C4C3CC3=C2C(=O)C(C)=CC3=O)c(OC)c1. The second-order valence-corrected chi connectivity index (χ2v) is 11.4. The van der Waals surface area contributed by atoms with E-state index in [1.165, 1.54) is 31.3 Å². The molecule has 4 unspecified atom stereocenters. The highest BCUT2D eigenvalue weighted by atomic mass is 79.9. The van der Waals surface area contributed by atoms with E-state index in [0.29, 0.717) is 34.6 Å². The summed E-state index contributed by atoms with van der Waals surface area (Å²) in [5.74, 6) is -3.37. The highest BCUT2D eigenvalue weighted by molar-refractivity contribution is 9.10. The summed E-state index contributed by atoms with van der Waals surface area (Å²) < 4.78 is 11.8. The lowest BCUT2D eigenvalue weighted by Crippen LogP contribution is -2.40. The number of anilines is 1. The van der Waals surface area contributed by atoms with Crippen LogP contribution in [0.15, 0.2) is 75.3 Å². The summed E-state index contributed by atoms with van der Waals surface area (Å²) in [6, 6.07) is 10.0. The molecule has 1 fully saturated rings. The molecule has 0 radical (unpaired) electrons. The van der Waals surface area contributed by atoms with Crippen LogP contribution in [0.2, 0.25) is 0 Å². The van der Waals surface area contributed by atoms with Crippen LogP contribution in [0.3, 0.4) is 0 Å². The number of hydrogen-bond donors (Lipinski definition) is 1. The first-order valence-corrected chi connectivity index (χ1v) is 13.7. The van der Waals surface area contributed by atoms with Crippen molar-refractivity contribution in [3.8, 4) is 17.2 Å². The molecule has 0 bridgehead atoms. The third-order valence-electron chi connectivity index (χ3n) is 8.49. The first kappa shape index (κ1) is 26.3. The fourth-order valence-electron chi connectivity index (χ4n) is 6.70. The molecule has 8 nitrogen and oxygen atoms in total. The summed E-state index contributed by atoms with van der Waals surface area (Å²) in [4.78, 5) is 55.7. The zero-order valence-corrected chi connectivity index (χ0v) is 23.7. The van der Waals surface area contributed by atoms with Crippen LogP contribution < -0.4 is 14.4 Å². The standard InChI is InChI=1S/C31H26BrNO7/c1-14-10-22(34)21-13-20-18(26(27(21)29(14)36)28-23(35)11-17(39-2)12-24(28)40-3)8-9-19-25(20)31(38)33(30(19)37)16-6-4-15(32)5-7-16/h4-8,10-12,19-20,25-26,35H,9,13H2,1-3H3. The number of carbonyl (C=O) groups excluding carboxylic acids is 4. The van der Waals surface area contributed by atoms with Gasteiger partial charge >= 0.3 is 0 Å². The molecular formula is C31H26BrNO7. The summed E-state index contributed by atoms with van der Waals surface area (Å²) in [5.41, 5.74) is 2.44. The second kappa shape index (κ2) is 9.59. The number of fused-ring (bicyclic) bond motifs is 3. The van der Waals surface area contributed by atoms with Crippen LogP contribution in [0.1, 0.15) is 31.2 Å². The third-order valence-corrected chi connectivity index (χ3v) is 9.02. The maximum atomic E-state index is 14.0. The highest BCUT2D eigenvalue weighted by Gasteiger charge is 2.57. The van der Waals surface area contributed by atoms with Crippen LogP contribution in [0.4, 0.5) is 5.69 Å². The number of ether oxygens (including phenoxy) is 2. The number of hydrogen-bond acceptors (Lipinski definition) is 7. The first-order chi connectivity index (χ1) is 19.2. The summed E-state index contributed by atoms with van der Waals surface area (Å²) in [7, 11) is 2.92. The van der Waals surface area contributed by atoms with Gasteiger partial charge in [-0.15, -0.1) is 0 Å². The molecule has 1 saturated heterocycles. The Morgan fingerprint density at radius 3 is 2.38 bits per heavy atom. The molecular weight excluding hydrogens is 578 g/mol. The van der Waals surface area contributed by atoms with Gasteiger partial charge < -0.3 is 14.6 Å². The molecule has 1 N–H and O–H groups in total. The van der Waals surface area contributed by atoms with E-state index in [4.69, 9.17) is 9.47 Å². The Morgan fingerprint density at radius 1 is 0.975 bits per heavy atom. The Hall–Kier alpha value is -3.98. The normalized spacial score (nSPS) is 25.8. The minimum atomic E-state index is -0.833. The Labute approximate surface area is 239 Å². The molecule has 3 aliphatic carbocycles. The number of phenols is 1. The van der Waals surface area contributed by atoms with Crippen LogP contribution in [0.5, 0.6) is 17.2 Å². The smallest absolute Gasteiger partial charge is 0.238 e. The summed E-state index contributed by atoms with van der Waals surface area (Å²) in [6.07, 6.45) is 3.68. The lowest BCUT2D eigenvalue weighted by Gasteiger charge is -2.42. The molecule has 2 aromatic rings. The van der Waals surface area contributed by atoms with Crippen molar-refractivity contribution in [3.05, 3.63) is 80.9 Å². The number of ketones is 2. The van der Waals surface area contributed by atoms with Gasteiger partial charge in [0.2, 0.25) is 11.8 Å². The molecule has 1 aliphatic heterocycles. The van der Waals surface area contributed by atoms with Gasteiger partial charge in [-0.05, 0) is 56.0 Å². The van der Waals surface area contributed by atoms with E-state index in [9.17, 15) is 24.3 Å². The van der Waals surface area contributed by atoms with E-state index in [0.717, 1.165) is 10.0 Å². The minimum absolute atomic E-state index is 0.152. The Bertz CT molecular complexity index is 1600. The van der Waals surface area contributed by atoms with Gasteiger partial charge in [0, 0.05) is 44.8 Å². The van der Waals surface area contributed by atoms with Crippen molar-refractivity contribution in [1.29, 1.82) is 0 Å². The highest BCUT2D eigenvalue weighted by Crippen LogP contribution is 2.58. The molecule has 40 heavy (non-hydrogen) atoms. The van der Waals surface area contributed by atoms with Crippen molar-refractivity contribution >= 4 is 45.0 Å². The molecule has 4 aliphatic rings. The van der Waals surface area contributed by atoms with Crippen molar-refractivity contribution in [2.75, 3.05) is 19.1 Å². The molecule has 204 valence electrons. The Morgan fingerprint density at radius 2 is 1.70 bits per heavy atom. The number of aromatic hydroxyl groups is 1. The second-order valence-electron chi connectivity index (χ2n) is 10.5.